The number of allylic oxidation sites excluding steroid dienone is 3. The van der Waals surface area contributed by atoms with Crippen molar-refractivity contribution in [3.63, 3.8) is 0 Å². The predicted octanol–water partition coefficient (Wildman–Crippen LogP) is 0.634. The fourth-order valence-electron chi connectivity index (χ4n) is 1.23. The van der Waals surface area contributed by atoms with E-state index in [1.165, 1.54) is 0 Å². The van der Waals surface area contributed by atoms with Crippen molar-refractivity contribution < 1.29 is 14.7 Å². The lowest BCUT2D eigenvalue weighted by Gasteiger charge is -2.05. The number of Topliss-reactive ketones (excluding diaryl/α,β-unsaturated/α-hetero) is 1. The van der Waals surface area contributed by atoms with Crippen molar-refractivity contribution in [2.45, 2.75) is 25.3 Å². The standard InChI is InChI=1S/C10H13NO3/c11-9(10(13)14)6-7-2-1-3-8(12)5-4-7/h1-2,4,9H,3,5-6,11H2,(H,13,14). The van der Waals surface area contributed by atoms with Crippen LogP contribution in [0.2, 0.25) is 0 Å². The van der Waals surface area contributed by atoms with Crippen molar-refractivity contribution in [2.75, 3.05) is 0 Å². The van der Waals surface area contributed by atoms with Crippen LogP contribution in [0.3, 0.4) is 0 Å². The Morgan fingerprint density at radius 1 is 1.57 bits per heavy atom. The summed E-state index contributed by atoms with van der Waals surface area (Å²) in [5.41, 5.74) is 6.20. The molecule has 0 fully saturated rings. The summed E-state index contributed by atoms with van der Waals surface area (Å²) in [5, 5.41) is 8.59. The van der Waals surface area contributed by atoms with E-state index in [1.54, 1.807) is 18.2 Å². The Bertz CT molecular complexity index is 304. The Morgan fingerprint density at radius 2 is 2.29 bits per heavy atom. The van der Waals surface area contributed by atoms with Crippen LogP contribution in [-0.2, 0) is 9.59 Å². The molecule has 3 N–H and O–H groups in total. The molecule has 0 saturated carbocycles. The number of nitrogens with two attached hydrogens (primary N) is 1. The molecule has 0 radical (unpaired) electrons. The maximum atomic E-state index is 11.0. The van der Waals surface area contributed by atoms with Gasteiger partial charge in [0.2, 0.25) is 0 Å². The highest BCUT2D eigenvalue weighted by Crippen LogP contribution is 2.12. The van der Waals surface area contributed by atoms with Gasteiger partial charge in [-0.25, -0.2) is 0 Å². The molecule has 0 aromatic heterocycles. The summed E-state index contributed by atoms with van der Waals surface area (Å²) in [6, 6.07) is -0.890. The molecule has 0 saturated heterocycles. The number of hydrogen-bond donors (Lipinski definition) is 2. The first kappa shape index (κ1) is 10.7. The maximum absolute atomic E-state index is 11.0. The lowest BCUT2D eigenvalue weighted by molar-refractivity contribution is -0.138. The van der Waals surface area contributed by atoms with E-state index in [2.05, 4.69) is 0 Å². The van der Waals surface area contributed by atoms with Crippen molar-refractivity contribution in [1.82, 2.24) is 0 Å². The average Bonchev–Trinajstić information content (AvgIpc) is 2.31. The molecule has 1 unspecified atom stereocenters. The van der Waals surface area contributed by atoms with E-state index in [4.69, 9.17) is 10.8 Å². The zero-order chi connectivity index (χ0) is 10.6. The Balaban J connectivity index is 2.60. The van der Waals surface area contributed by atoms with E-state index >= 15 is 0 Å². The molecule has 0 aliphatic heterocycles. The molecule has 76 valence electrons. The number of rotatable bonds is 3. The normalized spacial score (nSPS) is 18.6. The van der Waals surface area contributed by atoms with Gasteiger partial charge in [-0.2, -0.15) is 0 Å². The summed E-state index contributed by atoms with van der Waals surface area (Å²) < 4.78 is 0. The van der Waals surface area contributed by atoms with Gasteiger partial charge in [-0.3, -0.25) is 9.59 Å². The first-order chi connectivity index (χ1) is 6.59. The number of carbonyl (C=O) groups is 2. The van der Waals surface area contributed by atoms with Gasteiger partial charge in [0, 0.05) is 12.8 Å². The lowest BCUT2D eigenvalue weighted by atomic mass is 10.1. The lowest BCUT2D eigenvalue weighted by Crippen LogP contribution is -2.30. The third kappa shape index (κ3) is 3.14. The summed E-state index contributed by atoms with van der Waals surface area (Å²) in [5.74, 6) is -0.880. The van der Waals surface area contributed by atoms with Crippen LogP contribution in [0.25, 0.3) is 0 Å². The van der Waals surface area contributed by atoms with Crippen LogP contribution in [0.4, 0.5) is 0 Å². The fraction of sp³-hybridized carbons (Fsp3) is 0.400. The van der Waals surface area contributed by atoms with Crippen molar-refractivity contribution >= 4 is 11.8 Å². The summed E-state index contributed by atoms with van der Waals surface area (Å²) >= 11 is 0. The summed E-state index contributed by atoms with van der Waals surface area (Å²) in [6.07, 6.45) is 6.33. The van der Waals surface area contributed by atoms with Crippen molar-refractivity contribution in [3.8, 4) is 0 Å². The topological polar surface area (TPSA) is 80.4 Å². The van der Waals surface area contributed by atoms with Gasteiger partial charge in [-0.1, -0.05) is 18.2 Å². The molecule has 14 heavy (non-hydrogen) atoms. The second kappa shape index (κ2) is 4.72. The maximum Gasteiger partial charge on any atom is 0.320 e. The zero-order valence-corrected chi connectivity index (χ0v) is 7.77. The van der Waals surface area contributed by atoms with Crippen LogP contribution < -0.4 is 5.73 Å². The van der Waals surface area contributed by atoms with Crippen LogP contribution in [0.15, 0.2) is 23.8 Å². The predicted molar refractivity (Wildman–Crippen MR) is 51.7 cm³/mol. The summed E-state index contributed by atoms with van der Waals surface area (Å²) in [7, 11) is 0. The van der Waals surface area contributed by atoms with Gasteiger partial charge in [-0.05, 0) is 12.0 Å². The molecule has 1 atom stereocenters. The minimum absolute atomic E-state index is 0.139. The molecule has 1 aliphatic carbocycles. The number of carbonyl (C=O) groups excluding carboxylic acids is 1. The minimum Gasteiger partial charge on any atom is -0.480 e. The van der Waals surface area contributed by atoms with Crippen LogP contribution in [-0.4, -0.2) is 22.9 Å². The molecular weight excluding hydrogens is 182 g/mol. The minimum atomic E-state index is -1.02. The van der Waals surface area contributed by atoms with Crippen LogP contribution in [0, 0.1) is 0 Å². The van der Waals surface area contributed by atoms with Crippen LogP contribution in [0.5, 0.6) is 0 Å². The molecular formula is C10H13NO3. The molecule has 4 heteroatoms. The molecule has 0 amide bonds. The Kier molecular flexibility index (Phi) is 3.59. The van der Waals surface area contributed by atoms with Gasteiger partial charge < -0.3 is 10.8 Å². The monoisotopic (exact) mass is 195 g/mol. The second-order valence-corrected chi connectivity index (χ2v) is 3.28. The van der Waals surface area contributed by atoms with Gasteiger partial charge in [0.05, 0.1) is 0 Å². The van der Waals surface area contributed by atoms with Gasteiger partial charge in [0.25, 0.3) is 0 Å². The third-order valence-electron chi connectivity index (χ3n) is 2.04. The average molecular weight is 195 g/mol. The highest BCUT2D eigenvalue weighted by atomic mass is 16.4. The molecule has 0 spiro atoms. The fourth-order valence-corrected chi connectivity index (χ4v) is 1.23. The Hall–Kier alpha value is -1.42. The molecule has 0 aromatic carbocycles. The molecule has 0 heterocycles. The third-order valence-corrected chi connectivity index (χ3v) is 2.04. The van der Waals surface area contributed by atoms with E-state index in [-0.39, 0.29) is 12.2 Å². The van der Waals surface area contributed by atoms with Gasteiger partial charge in [0.15, 0.2) is 0 Å². The largest absolute Gasteiger partial charge is 0.480 e. The smallest absolute Gasteiger partial charge is 0.320 e. The van der Waals surface area contributed by atoms with Gasteiger partial charge in [0.1, 0.15) is 11.8 Å². The zero-order valence-electron chi connectivity index (χ0n) is 7.77. The number of ketones is 1. The summed E-state index contributed by atoms with van der Waals surface area (Å²) in [6.45, 7) is 0. The van der Waals surface area contributed by atoms with Gasteiger partial charge >= 0.3 is 5.97 Å². The van der Waals surface area contributed by atoms with E-state index in [0.717, 1.165) is 5.57 Å². The van der Waals surface area contributed by atoms with Crippen LogP contribution >= 0.6 is 0 Å². The van der Waals surface area contributed by atoms with E-state index in [0.29, 0.717) is 12.8 Å². The van der Waals surface area contributed by atoms with E-state index in [9.17, 15) is 9.59 Å². The number of hydrogen-bond acceptors (Lipinski definition) is 3. The number of carboxylic acid groups (broad SMARTS) is 1. The molecule has 1 rings (SSSR count). The molecule has 4 nitrogen and oxygen atoms in total. The molecule has 0 aromatic rings. The van der Waals surface area contributed by atoms with Gasteiger partial charge in [-0.15, -0.1) is 0 Å². The first-order valence-electron chi connectivity index (χ1n) is 4.45. The Morgan fingerprint density at radius 3 is 2.93 bits per heavy atom. The number of carboxylic acids is 1. The van der Waals surface area contributed by atoms with Crippen molar-refractivity contribution in [3.05, 3.63) is 23.8 Å². The molecule has 1 aliphatic rings. The first-order valence-corrected chi connectivity index (χ1v) is 4.45. The quantitative estimate of drug-likeness (QED) is 0.692. The van der Waals surface area contributed by atoms with E-state index < -0.39 is 12.0 Å². The highest BCUT2D eigenvalue weighted by molar-refractivity contribution is 5.82. The Labute approximate surface area is 82.1 Å². The van der Waals surface area contributed by atoms with Crippen LogP contribution in [0.1, 0.15) is 19.3 Å². The highest BCUT2D eigenvalue weighted by Gasteiger charge is 2.13. The summed E-state index contributed by atoms with van der Waals surface area (Å²) in [4.78, 5) is 21.5. The second-order valence-electron chi connectivity index (χ2n) is 3.28. The van der Waals surface area contributed by atoms with E-state index in [1.807, 2.05) is 0 Å². The molecule has 0 bridgehead atoms. The van der Waals surface area contributed by atoms with Crippen molar-refractivity contribution in [1.29, 1.82) is 0 Å². The SMILES string of the molecule is NC(CC1=CCC(=O)CC=C1)C(=O)O. The van der Waals surface area contributed by atoms with Crippen molar-refractivity contribution in [2.24, 2.45) is 5.73 Å². The number of aliphatic carboxylic acids is 1.